The van der Waals surface area contributed by atoms with Crippen LogP contribution in [0.4, 0.5) is 5.82 Å². The molecule has 84 valence electrons. The van der Waals surface area contributed by atoms with Crippen LogP contribution in [0.1, 0.15) is 6.42 Å². The van der Waals surface area contributed by atoms with Crippen LogP contribution >= 0.6 is 0 Å². The van der Waals surface area contributed by atoms with Crippen LogP contribution in [-0.2, 0) is 16.1 Å². The zero-order valence-corrected chi connectivity index (χ0v) is 8.67. The molecule has 16 heavy (non-hydrogen) atoms. The van der Waals surface area contributed by atoms with Gasteiger partial charge in [0.15, 0.2) is 0 Å². The van der Waals surface area contributed by atoms with E-state index in [9.17, 15) is 9.59 Å². The summed E-state index contributed by atoms with van der Waals surface area (Å²) in [6.07, 6.45) is 2.49. The summed E-state index contributed by atoms with van der Waals surface area (Å²) in [5.74, 6) is 0.373. The number of imide groups is 1. The Bertz CT molecular complexity index is 447. The third-order valence-corrected chi connectivity index (χ3v) is 3.17. The normalized spacial score (nSPS) is 27.4. The van der Waals surface area contributed by atoms with Gasteiger partial charge in [-0.25, -0.2) is 0 Å². The number of likely N-dealkylation sites (tertiary alicyclic amines) is 1. The highest BCUT2D eigenvalue weighted by Gasteiger charge is 2.58. The number of piperidine rings is 1. The average molecular weight is 220 g/mol. The summed E-state index contributed by atoms with van der Waals surface area (Å²) in [6.45, 7) is 0.903. The fourth-order valence-electron chi connectivity index (χ4n) is 2.17. The number of rotatable bonds is 3. The third-order valence-electron chi connectivity index (χ3n) is 3.17. The monoisotopic (exact) mass is 220 g/mol. The highest BCUT2D eigenvalue weighted by atomic mass is 16.2. The predicted octanol–water partition coefficient (Wildman–Crippen LogP) is -0.530. The minimum Gasteiger partial charge on any atom is -0.382 e. The zero-order valence-electron chi connectivity index (χ0n) is 8.67. The van der Waals surface area contributed by atoms with Crippen molar-refractivity contribution in [1.29, 1.82) is 0 Å². The first-order valence-corrected chi connectivity index (χ1v) is 5.31. The minimum atomic E-state index is -0.0184. The van der Waals surface area contributed by atoms with Crippen molar-refractivity contribution in [2.75, 3.05) is 12.3 Å². The highest BCUT2D eigenvalue weighted by Crippen LogP contribution is 2.46. The number of carbonyl (C=O) groups excluding carboxylic acids is 2. The molecule has 6 nitrogen and oxygen atoms in total. The first kappa shape index (κ1) is 9.38. The van der Waals surface area contributed by atoms with Crippen molar-refractivity contribution in [3.63, 3.8) is 0 Å². The second-order valence-electron chi connectivity index (χ2n) is 4.28. The largest absolute Gasteiger partial charge is 0.382 e. The number of nitrogens with two attached hydrogens (primary N) is 1. The van der Waals surface area contributed by atoms with Crippen LogP contribution in [0.5, 0.6) is 0 Å². The molecule has 0 spiro atoms. The Hall–Kier alpha value is -1.85. The number of hydrogen-bond donors (Lipinski definition) is 1. The number of fused-ring (bicyclic) bond motifs is 1. The van der Waals surface area contributed by atoms with E-state index >= 15 is 0 Å². The van der Waals surface area contributed by atoms with E-state index in [2.05, 4.69) is 5.10 Å². The van der Waals surface area contributed by atoms with Crippen LogP contribution in [0.3, 0.4) is 0 Å². The SMILES string of the molecule is Nc1ccn(CCN2C(=O)C3CC3C2=O)n1. The van der Waals surface area contributed by atoms with Crippen molar-refractivity contribution >= 4 is 17.6 Å². The van der Waals surface area contributed by atoms with E-state index in [1.54, 1.807) is 16.9 Å². The summed E-state index contributed by atoms with van der Waals surface area (Å²) in [6, 6.07) is 1.69. The number of hydrogen-bond acceptors (Lipinski definition) is 4. The van der Waals surface area contributed by atoms with Gasteiger partial charge in [0.25, 0.3) is 0 Å². The van der Waals surface area contributed by atoms with E-state index in [1.807, 2.05) is 0 Å². The van der Waals surface area contributed by atoms with E-state index in [1.165, 1.54) is 4.90 Å². The van der Waals surface area contributed by atoms with Gasteiger partial charge in [0.1, 0.15) is 5.82 Å². The van der Waals surface area contributed by atoms with Gasteiger partial charge in [-0.2, -0.15) is 5.10 Å². The van der Waals surface area contributed by atoms with Crippen molar-refractivity contribution < 1.29 is 9.59 Å². The van der Waals surface area contributed by atoms with Gasteiger partial charge < -0.3 is 5.73 Å². The molecule has 2 amide bonds. The van der Waals surface area contributed by atoms with Crippen molar-refractivity contribution in [3.05, 3.63) is 12.3 Å². The standard InChI is InChI=1S/C10H12N4O2/c11-8-1-2-13(12-8)3-4-14-9(15)6-5-7(6)10(14)16/h1-2,6-7H,3-5H2,(H2,11,12). The Balaban J connectivity index is 1.63. The summed E-state index contributed by atoms with van der Waals surface area (Å²) in [5, 5.41) is 4.00. The second-order valence-corrected chi connectivity index (χ2v) is 4.28. The van der Waals surface area contributed by atoms with Crippen molar-refractivity contribution in [3.8, 4) is 0 Å². The molecule has 3 rings (SSSR count). The number of aromatic nitrogens is 2. The smallest absolute Gasteiger partial charge is 0.233 e. The summed E-state index contributed by atoms with van der Waals surface area (Å²) in [7, 11) is 0. The molecule has 0 aromatic carbocycles. The predicted molar refractivity (Wildman–Crippen MR) is 55.0 cm³/mol. The fraction of sp³-hybridized carbons (Fsp3) is 0.500. The van der Waals surface area contributed by atoms with Crippen molar-refractivity contribution in [1.82, 2.24) is 14.7 Å². The zero-order chi connectivity index (χ0) is 11.3. The van der Waals surface area contributed by atoms with E-state index in [0.717, 1.165) is 6.42 Å². The number of amides is 2. The molecule has 2 fully saturated rings. The van der Waals surface area contributed by atoms with E-state index < -0.39 is 0 Å². The second kappa shape index (κ2) is 3.07. The lowest BCUT2D eigenvalue weighted by atomic mass is 10.4. The van der Waals surface area contributed by atoms with Crippen LogP contribution in [0.2, 0.25) is 0 Å². The lowest BCUT2D eigenvalue weighted by molar-refractivity contribution is -0.141. The molecule has 1 aliphatic heterocycles. The summed E-state index contributed by atoms with van der Waals surface area (Å²) >= 11 is 0. The Kier molecular flexibility index (Phi) is 1.80. The number of carbonyl (C=O) groups is 2. The summed E-state index contributed by atoms with van der Waals surface area (Å²) in [5.41, 5.74) is 5.47. The van der Waals surface area contributed by atoms with Crippen LogP contribution in [0.25, 0.3) is 0 Å². The molecule has 2 aliphatic rings. The molecule has 1 aromatic rings. The molecule has 0 bridgehead atoms. The molecule has 2 unspecified atom stereocenters. The molecule has 2 N–H and O–H groups in total. The molecule has 6 heteroatoms. The van der Waals surface area contributed by atoms with Crippen LogP contribution in [0.15, 0.2) is 12.3 Å². The fourth-order valence-corrected chi connectivity index (χ4v) is 2.17. The van der Waals surface area contributed by atoms with E-state index in [0.29, 0.717) is 18.9 Å². The topological polar surface area (TPSA) is 81.2 Å². The van der Waals surface area contributed by atoms with Crippen LogP contribution < -0.4 is 5.73 Å². The van der Waals surface area contributed by atoms with Gasteiger partial charge in [-0.15, -0.1) is 0 Å². The molecular formula is C10H12N4O2. The molecule has 0 radical (unpaired) electrons. The van der Waals surface area contributed by atoms with E-state index in [-0.39, 0.29) is 23.7 Å². The highest BCUT2D eigenvalue weighted by molar-refractivity contribution is 6.08. The molecule has 1 aromatic heterocycles. The Labute approximate surface area is 92.0 Å². The molecular weight excluding hydrogens is 208 g/mol. The molecule has 2 atom stereocenters. The number of anilines is 1. The van der Waals surface area contributed by atoms with Crippen LogP contribution in [-0.4, -0.2) is 33.0 Å². The maximum absolute atomic E-state index is 11.6. The van der Waals surface area contributed by atoms with Crippen molar-refractivity contribution in [2.45, 2.75) is 13.0 Å². The van der Waals surface area contributed by atoms with E-state index in [4.69, 9.17) is 5.73 Å². The van der Waals surface area contributed by atoms with Gasteiger partial charge >= 0.3 is 0 Å². The average Bonchev–Trinajstić information content (AvgIpc) is 2.89. The number of nitrogen functional groups attached to an aromatic ring is 1. The third kappa shape index (κ3) is 1.30. The minimum absolute atomic E-state index is 0.0183. The molecule has 1 saturated carbocycles. The Morgan fingerprint density at radius 2 is 2.00 bits per heavy atom. The van der Waals surface area contributed by atoms with Crippen molar-refractivity contribution in [2.24, 2.45) is 11.8 Å². The lowest BCUT2D eigenvalue weighted by Crippen LogP contribution is -2.35. The van der Waals surface area contributed by atoms with Gasteiger partial charge in [0.05, 0.1) is 18.4 Å². The van der Waals surface area contributed by atoms with Gasteiger partial charge in [-0.05, 0) is 12.5 Å². The first-order chi connectivity index (χ1) is 7.66. The first-order valence-electron chi connectivity index (χ1n) is 5.31. The van der Waals surface area contributed by atoms with Gasteiger partial charge in [0, 0.05) is 12.7 Å². The maximum atomic E-state index is 11.6. The molecule has 2 heterocycles. The van der Waals surface area contributed by atoms with Gasteiger partial charge in [0.2, 0.25) is 11.8 Å². The quantitative estimate of drug-likeness (QED) is 0.694. The Morgan fingerprint density at radius 1 is 1.31 bits per heavy atom. The molecule has 1 aliphatic carbocycles. The summed E-state index contributed by atoms with van der Waals surface area (Å²) in [4.78, 5) is 24.6. The number of nitrogens with zero attached hydrogens (tertiary/aromatic N) is 3. The Morgan fingerprint density at radius 3 is 2.56 bits per heavy atom. The van der Waals surface area contributed by atoms with Crippen LogP contribution in [0, 0.1) is 11.8 Å². The lowest BCUT2D eigenvalue weighted by Gasteiger charge is -2.15. The van der Waals surface area contributed by atoms with Gasteiger partial charge in [-0.3, -0.25) is 19.2 Å². The summed E-state index contributed by atoms with van der Waals surface area (Å²) < 4.78 is 1.64. The maximum Gasteiger partial charge on any atom is 0.233 e. The molecule has 1 saturated heterocycles. The van der Waals surface area contributed by atoms with Gasteiger partial charge in [-0.1, -0.05) is 0 Å².